The number of carbonyl (C=O) groups is 2. The first-order valence-corrected chi connectivity index (χ1v) is 2.27. The lowest BCUT2D eigenvalue weighted by molar-refractivity contribution is -0.131. The Labute approximate surface area is 56.6 Å². The van der Waals surface area contributed by atoms with E-state index in [1.165, 1.54) is 6.19 Å². The van der Waals surface area contributed by atoms with E-state index in [9.17, 15) is 9.59 Å². The molecular weight excluding hydrogens is 136 g/mol. The number of hydrogen-bond donors (Lipinski definition) is 2. The van der Waals surface area contributed by atoms with E-state index in [0.29, 0.717) is 6.08 Å². The third-order valence-corrected chi connectivity index (χ3v) is 0.556. The Morgan fingerprint density at radius 1 is 1.50 bits per heavy atom. The van der Waals surface area contributed by atoms with Crippen LogP contribution in [-0.2, 0) is 9.59 Å². The fourth-order valence-corrected chi connectivity index (χ4v) is 0.244. The first-order valence-electron chi connectivity index (χ1n) is 2.27. The summed E-state index contributed by atoms with van der Waals surface area (Å²) in [5.74, 6) is -1.97. The SMILES string of the molecule is N#CNC(=O)C=CC(=O)O. The van der Waals surface area contributed by atoms with E-state index < -0.39 is 11.9 Å². The smallest absolute Gasteiger partial charge is 0.328 e. The minimum Gasteiger partial charge on any atom is -0.478 e. The van der Waals surface area contributed by atoms with Crippen LogP contribution in [0.3, 0.4) is 0 Å². The zero-order valence-electron chi connectivity index (χ0n) is 4.87. The lowest BCUT2D eigenvalue weighted by Crippen LogP contribution is -2.13. The van der Waals surface area contributed by atoms with E-state index in [4.69, 9.17) is 10.4 Å². The van der Waals surface area contributed by atoms with E-state index in [-0.39, 0.29) is 0 Å². The number of amides is 1. The highest BCUT2D eigenvalue weighted by atomic mass is 16.4. The maximum atomic E-state index is 10.3. The molecule has 10 heavy (non-hydrogen) atoms. The quantitative estimate of drug-likeness (QED) is 0.299. The molecule has 0 unspecified atom stereocenters. The van der Waals surface area contributed by atoms with E-state index >= 15 is 0 Å². The van der Waals surface area contributed by atoms with Gasteiger partial charge >= 0.3 is 5.97 Å². The monoisotopic (exact) mass is 140 g/mol. The number of nitriles is 1. The molecule has 0 fully saturated rings. The summed E-state index contributed by atoms with van der Waals surface area (Å²) >= 11 is 0. The molecule has 0 heterocycles. The molecule has 0 rings (SSSR count). The summed E-state index contributed by atoms with van der Waals surface area (Å²) in [7, 11) is 0. The summed E-state index contributed by atoms with van der Waals surface area (Å²) in [4.78, 5) is 20.0. The average Bonchev–Trinajstić information content (AvgIpc) is 1.85. The fraction of sp³-hybridized carbons (Fsp3) is 0. The molecule has 0 aromatic heterocycles. The number of hydrogen-bond acceptors (Lipinski definition) is 3. The minimum absolute atomic E-state index is 0.646. The summed E-state index contributed by atoms with van der Waals surface area (Å²) < 4.78 is 0. The van der Waals surface area contributed by atoms with Crippen molar-refractivity contribution in [1.82, 2.24) is 5.32 Å². The third-order valence-electron chi connectivity index (χ3n) is 0.556. The molecule has 0 bridgehead atoms. The molecule has 5 nitrogen and oxygen atoms in total. The number of nitrogens with one attached hydrogen (secondary N) is 1. The predicted octanol–water partition coefficient (Wildman–Crippen LogP) is -0.776. The highest BCUT2D eigenvalue weighted by Gasteiger charge is 1.92. The number of carboxylic acids is 1. The van der Waals surface area contributed by atoms with Crippen molar-refractivity contribution in [2.45, 2.75) is 0 Å². The van der Waals surface area contributed by atoms with Crippen LogP contribution in [0.2, 0.25) is 0 Å². The molecule has 0 saturated heterocycles. The summed E-state index contributed by atoms with van der Waals surface area (Å²) in [6.45, 7) is 0. The third kappa shape index (κ3) is 4.33. The Bertz CT molecular complexity index is 213. The lowest BCUT2D eigenvalue weighted by Gasteiger charge is -1.82. The van der Waals surface area contributed by atoms with Gasteiger partial charge in [0, 0.05) is 12.2 Å². The summed E-state index contributed by atoms with van der Waals surface area (Å²) in [5, 5.41) is 17.5. The van der Waals surface area contributed by atoms with Crippen molar-refractivity contribution in [2.24, 2.45) is 0 Å². The summed E-state index contributed by atoms with van der Waals surface area (Å²) in [6.07, 6.45) is 2.75. The van der Waals surface area contributed by atoms with Crippen molar-refractivity contribution in [2.75, 3.05) is 0 Å². The van der Waals surface area contributed by atoms with Crippen LogP contribution < -0.4 is 5.32 Å². The topological polar surface area (TPSA) is 90.2 Å². The maximum Gasteiger partial charge on any atom is 0.328 e. The van der Waals surface area contributed by atoms with Crippen molar-refractivity contribution in [3.05, 3.63) is 12.2 Å². The molecule has 0 aliphatic heterocycles. The molecule has 0 aromatic rings. The van der Waals surface area contributed by atoms with E-state index in [1.54, 1.807) is 5.32 Å². The van der Waals surface area contributed by atoms with E-state index in [2.05, 4.69) is 0 Å². The van der Waals surface area contributed by atoms with Crippen LogP contribution in [0.1, 0.15) is 0 Å². The molecule has 5 heteroatoms. The van der Waals surface area contributed by atoms with Crippen molar-refractivity contribution in [3.8, 4) is 6.19 Å². The second kappa shape index (κ2) is 4.09. The largest absolute Gasteiger partial charge is 0.478 e. The van der Waals surface area contributed by atoms with Crippen LogP contribution in [-0.4, -0.2) is 17.0 Å². The number of rotatable bonds is 2. The average molecular weight is 140 g/mol. The zero-order valence-corrected chi connectivity index (χ0v) is 4.87. The van der Waals surface area contributed by atoms with Gasteiger partial charge < -0.3 is 5.11 Å². The van der Waals surface area contributed by atoms with Gasteiger partial charge in [-0.3, -0.25) is 10.1 Å². The highest BCUT2D eigenvalue weighted by molar-refractivity contribution is 5.94. The van der Waals surface area contributed by atoms with Gasteiger partial charge in [0.25, 0.3) is 5.91 Å². The molecule has 52 valence electrons. The van der Waals surface area contributed by atoms with Gasteiger partial charge in [-0.15, -0.1) is 0 Å². The Kier molecular flexibility index (Phi) is 3.34. The van der Waals surface area contributed by atoms with Crippen molar-refractivity contribution in [3.63, 3.8) is 0 Å². The molecule has 0 radical (unpaired) electrons. The number of aliphatic carboxylic acids is 1. The lowest BCUT2D eigenvalue weighted by atomic mass is 10.5. The minimum atomic E-state index is -1.23. The molecule has 0 saturated carbocycles. The van der Waals surface area contributed by atoms with Crippen LogP contribution in [0.5, 0.6) is 0 Å². The summed E-state index contributed by atoms with van der Waals surface area (Å²) in [5.41, 5.74) is 0. The van der Waals surface area contributed by atoms with Gasteiger partial charge in [0.05, 0.1) is 0 Å². The Hall–Kier alpha value is -1.83. The molecule has 0 spiro atoms. The summed E-state index contributed by atoms with van der Waals surface area (Å²) in [6, 6.07) is 0. The first-order chi connectivity index (χ1) is 4.66. The molecule has 0 aliphatic rings. The first kappa shape index (κ1) is 8.17. The zero-order chi connectivity index (χ0) is 7.98. The number of nitrogens with zero attached hydrogens (tertiary/aromatic N) is 1. The van der Waals surface area contributed by atoms with E-state index in [1.807, 2.05) is 0 Å². The van der Waals surface area contributed by atoms with Crippen molar-refractivity contribution >= 4 is 11.9 Å². The number of carbonyl (C=O) groups excluding carboxylic acids is 1. The molecule has 0 aliphatic carbocycles. The molecule has 2 N–H and O–H groups in total. The van der Waals surface area contributed by atoms with Gasteiger partial charge in [0.15, 0.2) is 6.19 Å². The van der Waals surface area contributed by atoms with Gasteiger partial charge in [0.1, 0.15) is 0 Å². The Morgan fingerprint density at radius 3 is 2.50 bits per heavy atom. The normalized spacial score (nSPS) is 8.70. The van der Waals surface area contributed by atoms with Crippen LogP contribution in [0.4, 0.5) is 0 Å². The van der Waals surface area contributed by atoms with Crippen LogP contribution in [0.15, 0.2) is 12.2 Å². The van der Waals surface area contributed by atoms with Gasteiger partial charge in [-0.25, -0.2) is 4.79 Å². The van der Waals surface area contributed by atoms with Gasteiger partial charge in [-0.2, -0.15) is 5.26 Å². The maximum absolute atomic E-state index is 10.3. The van der Waals surface area contributed by atoms with Crippen LogP contribution >= 0.6 is 0 Å². The molecular formula is C5H4N2O3. The predicted molar refractivity (Wildman–Crippen MR) is 30.5 cm³/mol. The Morgan fingerprint density at radius 2 is 2.10 bits per heavy atom. The van der Waals surface area contributed by atoms with Gasteiger partial charge in [-0.05, 0) is 0 Å². The van der Waals surface area contributed by atoms with Gasteiger partial charge in [-0.1, -0.05) is 0 Å². The molecule has 0 atom stereocenters. The number of carboxylic acid groups (broad SMARTS) is 1. The van der Waals surface area contributed by atoms with Gasteiger partial charge in [0.2, 0.25) is 0 Å². The second-order valence-corrected chi connectivity index (χ2v) is 1.27. The van der Waals surface area contributed by atoms with Crippen molar-refractivity contribution in [1.29, 1.82) is 5.26 Å². The molecule has 0 aromatic carbocycles. The van der Waals surface area contributed by atoms with Crippen molar-refractivity contribution < 1.29 is 14.7 Å². The Balaban J connectivity index is 3.81. The molecule has 1 amide bonds. The second-order valence-electron chi connectivity index (χ2n) is 1.27. The van der Waals surface area contributed by atoms with E-state index in [0.717, 1.165) is 6.08 Å². The standard InChI is InChI=1S/C5H4N2O3/c6-3-7-4(8)1-2-5(9)10/h1-2H,(H,7,8)(H,9,10). The highest BCUT2D eigenvalue weighted by Crippen LogP contribution is 1.71. The van der Waals surface area contributed by atoms with Crippen LogP contribution in [0, 0.1) is 11.5 Å². The van der Waals surface area contributed by atoms with Crippen LogP contribution in [0.25, 0.3) is 0 Å². The fourth-order valence-electron chi connectivity index (χ4n) is 0.244.